The van der Waals surface area contributed by atoms with E-state index in [1.165, 1.54) is 0 Å². The third-order valence-electron chi connectivity index (χ3n) is 4.14. The highest BCUT2D eigenvalue weighted by Gasteiger charge is 2.28. The smallest absolute Gasteiger partial charge is 0.224 e. The Morgan fingerprint density at radius 2 is 2.45 bits per heavy atom. The van der Waals surface area contributed by atoms with Crippen molar-refractivity contribution in [3.05, 3.63) is 41.1 Å². The zero-order valence-corrected chi connectivity index (χ0v) is 12.9. The summed E-state index contributed by atoms with van der Waals surface area (Å²) in [5.74, 6) is 1.57. The molecule has 2 aromatic rings. The normalized spacial score (nSPS) is 18.7. The number of fused-ring (bicyclic) bond motifs is 1. The van der Waals surface area contributed by atoms with E-state index in [-0.39, 0.29) is 17.9 Å². The molecule has 1 amide bonds. The van der Waals surface area contributed by atoms with Crippen LogP contribution >= 0.6 is 0 Å². The molecule has 0 aromatic carbocycles. The molecule has 118 valence electrons. The molecule has 0 radical (unpaired) electrons. The molecule has 1 aliphatic carbocycles. The predicted octanol–water partition coefficient (Wildman–Crippen LogP) is 1.92. The van der Waals surface area contributed by atoms with Gasteiger partial charge in [-0.3, -0.25) is 9.89 Å². The maximum atomic E-state index is 12.6. The molecule has 0 unspecified atom stereocenters. The van der Waals surface area contributed by atoms with Gasteiger partial charge in [-0.1, -0.05) is 0 Å². The van der Waals surface area contributed by atoms with Crippen LogP contribution in [0.4, 0.5) is 0 Å². The van der Waals surface area contributed by atoms with Gasteiger partial charge in [-0.05, 0) is 43.9 Å². The van der Waals surface area contributed by atoms with Crippen molar-refractivity contribution in [2.45, 2.75) is 32.2 Å². The molecule has 3 rings (SSSR count). The maximum absolute atomic E-state index is 12.6. The number of ether oxygens (including phenoxy) is 1. The molecule has 0 aliphatic heterocycles. The minimum Gasteiger partial charge on any atom is -0.464 e. The number of aromatic nitrogens is 2. The van der Waals surface area contributed by atoms with Crippen molar-refractivity contribution in [3.8, 4) is 0 Å². The van der Waals surface area contributed by atoms with Gasteiger partial charge in [-0.25, -0.2) is 0 Å². The number of rotatable bonds is 5. The average molecular weight is 303 g/mol. The monoisotopic (exact) mass is 303 g/mol. The quantitative estimate of drug-likeness (QED) is 0.884. The van der Waals surface area contributed by atoms with Crippen molar-refractivity contribution in [3.63, 3.8) is 0 Å². The van der Waals surface area contributed by atoms with Crippen molar-refractivity contribution in [1.29, 1.82) is 0 Å². The lowest BCUT2D eigenvalue weighted by molar-refractivity contribution is -0.126. The summed E-state index contributed by atoms with van der Waals surface area (Å²) in [6.07, 6.45) is 4.24. The van der Waals surface area contributed by atoms with Gasteiger partial charge in [0, 0.05) is 18.7 Å². The van der Waals surface area contributed by atoms with Gasteiger partial charge in [0.1, 0.15) is 17.6 Å². The average Bonchev–Trinajstić information content (AvgIpc) is 3.14. The molecule has 22 heavy (non-hydrogen) atoms. The first-order chi connectivity index (χ1) is 10.7. The molecule has 2 N–H and O–H groups in total. The first-order valence-corrected chi connectivity index (χ1v) is 7.54. The molecular formula is C16H21N3O3. The highest BCUT2D eigenvalue weighted by molar-refractivity contribution is 5.79. The molecule has 6 heteroatoms. The minimum atomic E-state index is -0.253. The number of hydrogen-bond donors (Lipinski definition) is 2. The van der Waals surface area contributed by atoms with Crippen LogP contribution in [0.2, 0.25) is 0 Å². The summed E-state index contributed by atoms with van der Waals surface area (Å²) in [5, 5.41) is 10.1. The van der Waals surface area contributed by atoms with E-state index in [2.05, 4.69) is 15.5 Å². The van der Waals surface area contributed by atoms with E-state index in [1.807, 2.05) is 25.3 Å². The third-order valence-corrected chi connectivity index (χ3v) is 4.14. The highest BCUT2D eigenvalue weighted by atomic mass is 16.5. The zero-order valence-electron chi connectivity index (χ0n) is 12.9. The maximum Gasteiger partial charge on any atom is 0.224 e. The van der Waals surface area contributed by atoms with E-state index < -0.39 is 0 Å². The lowest BCUT2D eigenvalue weighted by atomic mass is 9.87. The summed E-state index contributed by atoms with van der Waals surface area (Å²) in [5.41, 5.74) is 2.29. The summed E-state index contributed by atoms with van der Waals surface area (Å²) in [7, 11) is 1.62. The second-order valence-electron chi connectivity index (χ2n) is 5.78. The fourth-order valence-corrected chi connectivity index (χ4v) is 2.93. The fraction of sp³-hybridized carbons (Fsp3) is 0.500. The Bertz CT molecular complexity index is 647. The summed E-state index contributed by atoms with van der Waals surface area (Å²) in [4.78, 5) is 12.6. The number of nitrogens with one attached hydrogen (secondary N) is 2. The van der Waals surface area contributed by atoms with Crippen molar-refractivity contribution in [2.24, 2.45) is 5.92 Å². The van der Waals surface area contributed by atoms with Crippen LogP contribution < -0.4 is 5.32 Å². The van der Waals surface area contributed by atoms with Gasteiger partial charge in [0.05, 0.1) is 12.8 Å². The molecule has 0 saturated heterocycles. The van der Waals surface area contributed by atoms with E-state index in [0.29, 0.717) is 6.61 Å². The van der Waals surface area contributed by atoms with Crippen molar-refractivity contribution in [2.75, 3.05) is 13.7 Å². The summed E-state index contributed by atoms with van der Waals surface area (Å²) in [6, 6.07) is 3.52. The number of methoxy groups -OCH3 is 1. The number of furan rings is 1. The first-order valence-electron chi connectivity index (χ1n) is 7.54. The number of amides is 1. The van der Waals surface area contributed by atoms with Crippen molar-refractivity contribution < 1.29 is 13.9 Å². The SMILES string of the molecule is COC[C@H](NC(=O)[C@@H]1CCc2[nH]ncc2C1)c1ccc(C)o1. The van der Waals surface area contributed by atoms with Crippen LogP contribution in [0.25, 0.3) is 0 Å². The fourth-order valence-electron chi connectivity index (χ4n) is 2.93. The molecule has 2 heterocycles. The van der Waals surface area contributed by atoms with Crippen LogP contribution in [0, 0.1) is 12.8 Å². The largest absolute Gasteiger partial charge is 0.464 e. The lowest BCUT2D eigenvalue weighted by Crippen LogP contribution is -2.38. The van der Waals surface area contributed by atoms with Crippen LogP contribution in [0.5, 0.6) is 0 Å². The van der Waals surface area contributed by atoms with Crippen LogP contribution in [0.15, 0.2) is 22.7 Å². The lowest BCUT2D eigenvalue weighted by Gasteiger charge is -2.23. The van der Waals surface area contributed by atoms with E-state index in [0.717, 1.165) is 42.0 Å². The molecule has 2 aromatic heterocycles. The van der Waals surface area contributed by atoms with Crippen LogP contribution in [0.3, 0.4) is 0 Å². The Balaban J connectivity index is 1.67. The van der Waals surface area contributed by atoms with E-state index in [9.17, 15) is 4.79 Å². The van der Waals surface area contributed by atoms with Gasteiger partial charge in [-0.15, -0.1) is 0 Å². The number of carbonyl (C=O) groups is 1. The van der Waals surface area contributed by atoms with E-state index in [4.69, 9.17) is 9.15 Å². The first kappa shape index (κ1) is 14.8. The van der Waals surface area contributed by atoms with Crippen molar-refractivity contribution >= 4 is 5.91 Å². The molecular weight excluding hydrogens is 282 g/mol. The Labute approximate surface area is 129 Å². The topological polar surface area (TPSA) is 80.1 Å². The minimum absolute atomic E-state index is 0.0273. The summed E-state index contributed by atoms with van der Waals surface area (Å²) in [6.45, 7) is 2.28. The number of nitrogens with zero attached hydrogens (tertiary/aromatic N) is 1. The Kier molecular flexibility index (Phi) is 4.29. The Morgan fingerprint density at radius 3 is 3.18 bits per heavy atom. The standard InChI is InChI=1S/C16H21N3O3/c1-10-3-6-15(22-10)14(9-21-2)18-16(20)11-4-5-13-12(7-11)8-17-19-13/h3,6,8,11,14H,4-5,7,9H2,1-2H3,(H,17,19)(H,18,20)/t11-,14+/m1/s1. The molecule has 0 spiro atoms. The van der Waals surface area contributed by atoms with Crippen LogP contribution in [-0.4, -0.2) is 29.8 Å². The molecule has 6 nitrogen and oxygen atoms in total. The number of H-pyrrole nitrogens is 1. The molecule has 0 fully saturated rings. The molecule has 1 aliphatic rings. The molecule has 2 atom stereocenters. The Morgan fingerprint density at radius 1 is 1.59 bits per heavy atom. The number of carbonyl (C=O) groups excluding carboxylic acids is 1. The van der Waals surface area contributed by atoms with Gasteiger partial charge in [-0.2, -0.15) is 5.10 Å². The Hall–Kier alpha value is -2.08. The predicted molar refractivity (Wildman–Crippen MR) is 80.3 cm³/mol. The van der Waals surface area contributed by atoms with E-state index in [1.54, 1.807) is 7.11 Å². The summed E-state index contributed by atoms with van der Waals surface area (Å²) >= 11 is 0. The second-order valence-corrected chi connectivity index (χ2v) is 5.78. The van der Waals surface area contributed by atoms with Gasteiger partial charge in [0.15, 0.2) is 0 Å². The van der Waals surface area contributed by atoms with Gasteiger partial charge < -0.3 is 14.5 Å². The van der Waals surface area contributed by atoms with Crippen molar-refractivity contribution in [1.82, 2.24) is 15.5 Å². The third kappa shape index (κ3) is 3.06. The highest BCUT2D eigenvalue weighted by Crippen LogP contribution is 2.25. The summed E-state index contributed by atoms with van der Waals surface area (Å²) < 4.78 is 10.8. The van der Waals surface area contributed by atoms with Gasteiger partial charge >= 0.3 is 0 Å². The molecule has 0 saturated carbocycles. The van der Waals surface area contributed by atoms with Gasteiger partial charge in [0.2, 0.25) is 5.91 Å². The molecule has 0 bridgehead atoms. The van der Waals surface area contributed by atoms with Gasteiger partial charge in [0.25, 0.3) is 0 Å². The van der Waals surface area contributed by atoms with E-state index >= 15 is 0 Å². The number of aromatic amines is 1. The van der Waals surface area contributed by atoms with Crippen LogP contribution in [0.1, 0.15) is 35.2 Å². The second kappa shape index (κ2) is 6.36. The number of hydrogen-bond acceptors (Lipinski definition) is 4. The number of aryl methyl sites for hydroxylation is 2. The zero-order chi connectivity index (χ0) is 15.5. The van der Waals surface area contributed by atoms with Crippen LogP contribution in [-0.2, 0) is 22.4 Å².